The van der Waals surface area contributed by atoms with Crippen molar-refractivity contribution in [1.82, 2.24) is 4.57 Å². The van der Waals surface area contributed by atoms with Gasteiger partial charge >= 0.3 is 5.97 Å². The number of carbonyl (C=O) groups excluding carboxylic acids is 1. The van der Waals surface area contributed by atoms with E-state index in [0.717, 1.165) is 0 Å². The van der Waals surface area contributed by atoms with Crippen LogP contribution in [0.5, 0.6) is 11.5 Å². The summed E-state index contributed by atoms with van der Waals surface area (Å²) in [5.41, 5.74) is 2.08. The number of phenolic OH excluding ortho intramolecular Hbond substituents is 1. The van der Waals surface area contributed by atoms with Crippen molar-refractivity contribution in [1.29, 1.82) is 0 Å². The van der Waals surface area contributed by atoms with Crippen LogP contribution in [0.2, 0.25) is 0 Å². The molecule has 0 aliphatic carbocycles. The Morgan fingerprint density at radius 3 is 2.51 bits per heavy atom. The van der Waals surface area contributed by atoms with Crippen LogP contribution in [0, 0.1) is 5.82 Å². The van der Waals surface area contributed by atoms with Gasteiger partial charge in [-0.15, -0.1) is 0 Å². The molecule has 0 amide bonds. The lowest BCUT2D eigenvalue weighted by atomic mass is 9.93. The monoisotopic (exact) mass is 544 g/mol. The van der Waals surface area contributed by atoms with Crippen LogP contribution in [0.1, 0.15) is 36.6 Å². The highest BCUT2D eigenvalue weighted by Gasteiger charge is 2.35. The molecule has 5 rings (SSSR count). The Morgan fingerprint density at radius 2 is 1.82 bits per heavy atom. The predicted octanol–water partition coefficient (Wildman–Crippen LogP) is 4.18. The molecule has 0 unspecified atom stereocenters. The normalized spacial score (nSPS) is 15.1. The van der Waals surface area contributed by atoms with E-state index in [9.17, 15) is 19.1 Å². The molecule has 3 aromatic carbocycles. The lowest BCUT2D eigenvalue weighted by Gasteiger charge is -2.25. The maximum atomic E-state index is 13.9. The van der Waals surface area contributed by atoms with Gasteiger partial charge in [-0.3, -0.25) is 9.36 Å². The number of fused-ring (bicyclic) bond motifs is 1. The number of aromatic nitrogens is 1. The van der Waals surface area contributed by atoms with Crippen molar-refractivity contribution in [3.8, 4) is 11.5 Å². The molecule has 0 spiro atoms. The molecule has 1 aromatic heterocycles. The summed E-state index contributed by atoms with van der Waals surface area (Å²) in [4.78, 5) is 32.4. The van der Waals surface area contributed by atoms with Crippen molar-refractivity contribution in [2.45, 2.75) is 19.9 Å². The number of esters is 1. The van der Waals surface area contributed by atoms with Gasteiger partial charge in [0, 0.05) is 5.56 Å². The molecule has 0 saturated carbocycles. The van der Waals surface area contributed by atoms with Gasteiger partial charge in [0.25, 0.3) is 5.56 Å². The molecule has 1 aliphatic heterocycles. The van der Waals surface area contributed by atoms with E-state index in [0.29, 0.717) is 44.1 Å². The molecule has 0 fully saturated rings. The minimum atomic E-state index is -0.892. The van der Waals surface area contributed by atoms with Gasteiger partial charge in [-0.05, 0) is 55.3 Å². The van der Waals surface area contributed by atoms with Crippen LogP contribution in [-0.2, 0) is 9.53 Å². The second kappa shape index (κ2) is 11.1. The van der Waals surface area contributed by atoms with Crippen molar-refractivity contribution in [3.63, 3.8) is 0 Å². The summed E-state index contributed by atoms with van der Waals surface area (Å²) in [5, 5.41) is 10.1. The number of nitrogens with zero attached hydrogens (tertiary/aromatic N) is 2. The molecular weight excluding hydrogens is 519 g/mol. The van der Waals surface area contributed by atoms with Crippen molar-refractivity contribution < 1.29 is 23.8 Å². The van der Waals surface area contributed by atoms with Gasteiger partial charge in [-0.1, -0.05) is 59.9 Å². The Morgan fingerprint density at radius 1 is 1.08 bits per heavy atom. The van der Waals surface area contributed by atoms with Gasteiger partial charge in [-0.2, -0.15) is 0 Å². The Kier molecular flexibility index (Phi) is 7.42. The zero-order valence-corrected chi connectivity index (χ0v) is 22.1. The molecular formula is C30H25FN2O5S. The van der Waals surface area contributed by atoms with Crippen LogP contribution in [0.25, 0.3) is 11.8 Å². The molecule has 1 atom stereocenters. The zero-order chi connectivity index (χ0) is 27.5. The molecule has 9 heteroatoms. The minimum Gasteiger partial charge on any atom is -0.504 e. The Hall–Kier alpha value is -4.50. The van der Waals surface area contributed by atoms with E-state index >= 15 is 0 Å². The number of hydrogen-bond acceptors (Lipinski definition) is 7. The molecule has 1 N–H and O–H groups in total. The lowest BCUT2D eigenvalue weighted by Crippen LogP contribution is -2.40. The number of hydrogen-bond donors (Lipinski definition) is 1. The largest absolute Gasteiger partial charge is 0.504 e. The molecule has 2 heterocycles. The van der Waals surface area contributed by atoms with E-state index in [4.69, 9.17) is 14.5 Å². The molecule has 39 heavy (non-hydrogen) atoms. The van der Waals surface area contributed by atoms with Crippen molar-refractivity contribution >= 4 is 29.1 Å². The average molecular weight is 545 g/mol. The number of aromatic hydroxyl groups is 1. The SMILES string of the molecule is CCOC(=O)C1=C(c2ccccc2)N=c2s/c(=C\c3ccc(O)c(OCC)c3)c(=O)n2[C@H]1c1ccc(F)cc1. The lowest BCUT2D eigenvalue weighted by molar-refractivity contribution is -0.138. The van der Waals surface area contributed by atoms with Gasteiger partial charge in [0.2, 0.25) is 0 Å². The third-order valence-electron chi connectivity index (χ3n) is 6.14. The van der Waals surface area contributed by atoms with E-state index in [1.54, 1.807) is 37.3 Å². The third-order valence-corrected chi connectivity index (χ3v) is 7.12. The van der Waals surface area contributed by atoms with Crippen LogP contribution in [-0.4, -0.2) is 28.9 Å². The van der Waals surface area contributed by atoms with Gasteiger partial charge in [0.15, 0.2) is 16.3 Å². The highest BCUT2D eigenvalue weighted by atomic mass is 32.1. The van der Waals surface area contributed by atoms with Crippen LogP contribution < -0.4 is 19.6 Å². The molecule has 0 radical (unpaired) electrons. The van der Waals surface area contributed by atoms with E-state index in [2.05, 4.69) is 0 Å². The number of ether oxygens (including phenoxy) is 2. The first-order chi connectivity index (χ1) is 18.9. The van der Waals surface area contributed by atoms with E-state index in [1.807, 2.05) is 37.3 Å². The highest BCUT2D eigenvalue weighted by molar-refractivity contribution is 7.07. The van der Waals surface area contributed by atoms with E-state index in [-0.39, 0.29) is 23.5 Å². The summed E-state index contributed by atoms with van der Waals surface area (Å²) in [6.45, 7) is 4.02. The molecule has 198 valence electrons. The maximum absolute atomic E-state index is 13.9. The van der Waals surface area contributed by atoms with Crippen molar-refractivity contribution in [2.75, 3.05) is 13.2 Å². The van der Waals surface area contributed by atoms with Gasteiger partial charge in [0.1, 0.15) is 5.82 Å². The van der Waals surface area contributed by atoms with Gasteiger partial charge < -0.3 is 14.6 Å². The average Bonchev–Trinajstić information content (AvgIpc) is 3.25. The summed E-state index contributed by atoms with van der Waals surface area (Å²) in [7, 11) is 0. The quantitative estimate of drug-likeness (QED) is 0.353. The number of thiazole rings is 1. The van der Waals surface area contributed by atoms with Crippen molar-refractivity contribution in [2.24, 2.45) is 4.99 Å². The summed E-state index contributed by atoms with van der Waals surface area (Å²) in [6, 6.07) is 18.8. The van der Waals surface area contributed by atoms with Crippen LogP contribution in [0.3, 0.4) is 0 Å². The number of phenols is 1. The van der Waals surface area contributed by atoms with Crippen molar-refractivity contribution in [3.05, 3.63) is 121 Å². The first-order valence-electron chi connectivity index (χ1n) is 12.4. The molecule has 4 aromatic rings. The fourth-order valence-corrected chi connectivity index (χ4v) is 5.44. The maximum Gasteiger partial charge on any atom is 0.338 e. The summed E-state index contributed by atoms with van der Waals surface area (Å²) in [5.74, 6) is -0.741. The Balaban J connectivity index is 1.79. The molecule has 1 aliphatic rings. The molecule has 0 saturated heterocycles. The van der Waals surface area contributed by atoms with Crippen LogP contribution >= 0.6 is 11.3 Å². The first-order valence-corrected chi connectivity index (χ1v) is 13.2. The highest BCUT2D eigenvalue weighted by Crippen LogP contribution is 2.35. The van der Waals surface area contributed by atoms with Gasteiger partial charge in [0.05, 0.1) is 35.1 Å². The molecule has 7 nitrogen and oxygen atoms in total. The number of benzene rings is 3. The fourth-order valence-electron chi connectivity index (χ4n) is 4.44. The van der Waals surface area contributed by atoms with Gasteiger partial charge in [-0.25, -0.2) is 14.2 Å². The standard InChI is InChI=1S/C30H25FN2O5S/c1-3-37-23-16-18(10-15-22(23)34)17-24-28(35)33-27(20-11-13-21(31)14-12-20)25(29(36)38-4-2)26(32-30(33)39-24)19-8-6-5-7-9-19/h5-17,27,34H,3-4H2,1-2H3/b24-17-/t27-/m0/s1. The first kappa shape index (κ1) is 26.1. The second-order valence-corrected chi connectivity index (χ2v) is 9.65. The topological polar surface area (TPSA) is 90.1 Å². The smallest absolute Gasteiger partial charge is 0.338 e. The number of halogens is 1. The third kappa shape index (κ3) is 5.13. The van der Waals surface area contributed by atoms with E-state index in [1.165, 1.54) is 34.1 Å². The number of rotatable bonds is 7. The predicted molar refractivity (Wildman–Crippen MR) is 147 cm³/mol. The summed E-state index contributed by atoms with van der Waals surface area (Å²) >= 11 is 1.17. The Bertz CT molecular complexity index is 1740. The second-order valence-electron chi connectivity index (χ2n) is 8.64. The minimum absolute atomic E-state index is 0.00153. The summed E-state index contributed by atoms with van der Waals surface area (Å²) < 4.78 is 26.6. The van der Waals surface area contributed by atoms with Crippen LogP contribution in [0.15, 0.2) is 88.2 Å². The van der Waals surface area contributed by atoms with Crippen LogP contribution in [0.4, 0.5) is 4.39 Å². The number of carbonyl (C=O) groups is 1. The Labute approximate surface area is 227 Å². The zero-order valence-electron chi connectivity index (χ0n) is 21.3. The summed E-state index contributed by atoms with van der Waals surface area (Å²) in [6.07, 6.45) is 1.68. The fraction of sp³-hybridized carbons (Fsp3) is 0.167. The van der Waals surface area contributed by atoms with E-state index < -0.39 is 17.8 Å². The molecule has 0 bridgehead atoms.